The molecule has 0 saturated carbocycles. The fraction of sp³-hybridized carbons (Fsp3) is 0.143. The first-order valence-corrected chi connectivity index (χ1v) is 8.96. The van der Waals surface area contributed by atoms with Gasteiger partial charge in [0.1, 0.15) is 0 Å². The number of anilines is 1. The molecule has 0 unspecified atom stereocenters. The molecule has 0 aliphatic heterocycles. The molecule has 4 rings (SSSR count). The van der Waals surface area contributed by atoms with Crippen molar-refractivity contribution in [3.05, 3.63) is 89.6 Å². The van der Waals surface area contributed by atoms with Crippen LogP contribution in [0.3, 0.4) is 0 Å². The highest BCUT2D eigenvalue weighted by molar-refractivity contribution is 6.04. The van der Waals surface area contributed by atoms with Crippen molar-refractivity contribution in [1.82, 2.24) is 24.5 Å². The quantitative estimate of drug-likeness (QED) is 0.583. The van der Waals surface area contributed by atoms with E-state index in [-0.39, 0.29) is 5.91 Å². The summed E-state index contributed by atoms with van der Waals surface area (Å²) in [5, 5.41) is 11.5. The van der Waals surface area contributed by atoms with Gasteiger partial charge in [0.15, 0.2) is 5.82 Å². The van der Waals surface area contributed by atoms with Crippen molar-refractivity contribution in [1.29, 1.82) is 0 Å². The number of carbonyl (C=O) groups is 1. The van der Waals surface area contributed by atoms with E-state index in [0.29, 0.717) is 23.6 Å². The molecular formula is C21H20N6O. The zero-order valence-corrected chi connectivity index (χ0v) is 15.7. The van der Waals surface area contributed by atoms with Gasteiger partial charge in [0, 0.05) is 23.7 Å². The molecule has 0 atom stereocenters. The van der Waals surface area contributed by atoms with Gasteiger partial charge in [0.05, 0.1) is 24.1 Å². The molecule has 3 aromatic heterocycles. The Bertz CT molecular complexity index is 1100. The molecule has 0 spiro atoms. The monoisotopic (exact) mass is 372 g/mol. The van der Waals surface area contributed by atoms with E-state index < -0.39 is 0 Å². The SMILES string of the molecule is Cc1cc(C)n(Cc2cccc(C(=O)Nc3ccc(-n4cccn4)nc3)c2)n1. The second-order valence-corrected chi connectivity index (χ2v) is 6.59. The maximum absolute atomic E-state index is 12.6. The van der Waals surface area contributed by atoms with Gasteiger partial charge in [-0.05, 0) is 55.8 Å². The molecule has 0 aliphatic rings. The third kappa shape index (κ3) is 3.83. The van der Waals surface area contributed by atoms with E-state index in [1.165, 1.54) is 0 Å². The molecule has 3 heterocycles. The van der Waals surface area contributed by atoms with Crippen LogP contribution in [0.4, 0.5) is 5.69 Å². The molecule has 0 fully saturated rings. The molecule has 0 radical (unpaired) electrons. The number of benzene rings is 1. The predicted molar refractivity (Wildman–Crippen MR) is 107 cm³/mol. The van der Waals surface area contributed by atoms with Crippen LogP contribution in [-0.4, -0.2) is 30.5 Å². The van der Waals surface area contributed by atoms with Crippen LogP contribution >= 0.6 is 0 Å². The van der Waals surface area contributed by atoms with Crippen LogP contribution in [0.1, 0.15) is 27.3 Å². The number of pyridine rings is 1. The second kappa shape index (κ2) is 7.48. The maximum Gasteiger partial charge on any atom is 0.255 e. The Morgan fingerprint density at radius 2 is 2.00 bits per heavy atom. The van der Waals surface area contributed by atoms with Crippen LogP contribution in [0.5, 0.6) is 0 Å². The molecule has 0 saturated heterocycles. The van der Waals surface area contributed by atoms with Crippen LogP contribution in [-0.2, 0) is 6.54 Å². The zero-order valence-electron chi connectivity index (χ0n) is 15.7. The first-order chi connectivity index (χ1) is 13.6. The van der Waals surface area contributed by atoms with Gasteiger partial charge in [-0.25, -0.2) is 9.67 Å². The van der Waals surface area contributed by atoms with E-state index in [4.69, 9.17) is 0 Å². The second-order valence-electron chi connectivity index (χ2n) is 6.59. The first kappa shape index (κ1) is 17.7. The van der Waals surface area contributed by atoms with E-state index in [1.54, 1.807) is 23.1 Å². The number of hydrogen-bond donors (Lipinski definition) is 1. The summed E-state index contributed by atoms with van der Waals surface area (Å²) in [5.74, 6) is 0.513. The van der Waals surface area contributed by atoms with Gasteiger partial charge in [0.25, 0.3) is 5.91 Å². The van der Waals surface area contributed by atoms with E-state index in [2.05, 4.69) is 20.5 Å². The fourth-order valence-electron chi connectivity index (χ4n) is 3.02. The molecule has 7 nitrogen and oxygen atoms in total. The summed E-state index contributed by atoms with van der Waals surface area (Å²) in [6.45, 7) is 4.62. The lowest BCUT2D eigenvalue weighted by Crippen LogP contribution is -2.13. The summed E-state index contributed by atoms with van der Waals surface area (Å²) in [7, 11) is 0. The number of aryl methyl sites for hydroxylation is 2. The lowest BCUT2D eigenvalue weighted by Gasteiger charge is -2.09. The standard InChI is InChI=1S/C21H20N6O/c1-15-11-16(2)27(25-15)14-17-5-3-6-18(12-17)21(28)24-19-7-8-20(22-13-19)26-10-4-9-23-26/h3-13H,14H2,1-2H3,(H,24,28). The average Bonchev–Trinajstić information content (AvgIpc) is 3.33. The Labute approximate surface area is 162 Å². The third-order valence-electron chi connectivity index (χ3n) is 4.37. The smallest absolute Gasteiger partial charge is 0.255 e. The fourth-order valence-corrected chi connectivity index (χ4v) is 3.02. The minimum atomic E-state index is -0.177. The highest BCUT2D eigenvalue weighted by Crippen LogP contribution is 2.13. The normalized spacial score (nSPS) is 10.8. The molecule has 28 heavy (non-hydrogen) atoms. The summed E-state index contributed by atoms with van der Waals surface area (Å²) >= 11 is 0. The van der Waals surface area contributed by atoms with Crippen molar-refractivity contribution in [2.45, 2.75) is 20.4 Å². The summed E-state index contributed by atoms with van der Waals surface area (Å²) in [4.78, 5) is 17.0. The number of aromatic nitrogens is 5. The summed E-state index contributed by atoms with van der Waals surface area (Å²) in [6, 6.07) is 15.0. The van der Waals surface area contributed by atoms with Gasteiger partial charge in [-0.2, -0.15) is 10.2 Å². The lowest BCUT2D eigenvalue weighted by molar-refractivity contribution is 0.102. The number of nitrogens with zero attached hydrogens (tertiary/aromatic N) is 5. The Hall–Kier alpha value is -3.74. The van der Waals surface area contributed by atoms with Crippen molar-refractivity contribution < 1.29 is 4.79 Å². The van der Waals surface area contributed by atoms with Crippen LogP contribution in [0.25, 0.3) is 5.82 Å². The minimum absolute atomic E-state index is 0.177. The van der Waals surface area contributed by atoms with Crippen molar-refractivity contribution in [2.75, 3.05) is 5.32 Å². The Kier molecular flexibility index (Phi) is 4.72. The molecule has 0 bridgehead atoms. The van der Waals surface area contributed by atoms with Gasteiger partial charge in [-0.1, -0.05) is 12.1 Å². The molecule has 1 N–H and O–H groups in total. The van der Waals surface area contributed by atoms with Crippen molar-refractivity contribution in [2.24, 2.45) is 0 Å². The van der Waals surface area contributed by atoms with Crippen LogP contribution < -0.4 is 5.32 Å². The van der Waals surface area contributed by atoms with Gasteiger partial charge in [-0.3, -0.25) is 9.48 Å². The minimum Gasteiger partial charge on any atom is -0.321 e. The van der Waals surface area contributed by atoms with Gasteiger partial charge >= 0.3 is 0 Å². The molecule has 7 heteroatoms. The zero-order chi connectivity index (χ0) is 19.5. The highest BCUT2D eigenvalue weighted by Gasteiger charge is 2.09. The van der Waals surface area contributed by atoms with Crippen LogP contribution in [0, 0.1) is 13.8 Å². The molecule has 140 valence electrons. The van der Waals surface area contributed by atoms with E-state index in [0.717, 1.165) is 17.0 Å². The van der Waals surface area contributed by atoms with Crippen molar-refractivity contribution in [3.8, 4) is 5.82 Å². The van der Waals surface area contributed by atoms with Crippen molar-refractivity contribution in [3.63, 3.8) is 0 Å². The topological polar surface area (TPSA) is 77.6 Å². The summed E-state index contributed by atoms with van der Waals surface area (Å²) in [5.41, 5.74) is 4.32. The molecule has 4 aromatic rings. The van der Waals surface area contributed by atoms with Crippen molar-refractivity contribution >= 4 is 11.6 Å². The van der Waals surface area contributed by atoms with E-state index in [1.807, 2.05) is 67.2 Å². The predicted octanol–water partition coefficient (Wildman–Crippen LogP) is 3.38. The summed E-state index contributed by atoms with van der Waals surface area (Å²) in [6.07, 6.45) is 5.12. The Morgan fingerprint density at radius 3 is 2.68 bits per heavy atom. The molecular weight excluding hydrogens is 352 g/mol. The Morgan fingerprint density at radius 1 is 1.11 bits per heavy atom. The largest absolute Gasteiger partial charge is 0.321 e. The maximum atomic E-state index is 12.6. The molecule has 1 amide bonds. The number of amides is 1. The average molecular weight is 372 g/mol. The van der Waals surface area contributed by atoms with E-state index >= 15 is 0 Å². The van der Waals surface area contributed by atoms with Crippen LogP contribution in [0.15, 0.2) is 67.1 Å². The number of rotatable bonds is 5. The first-order valence-electron chi connectivity index (χ1n) is 8.96. The molecule has 1 aromatic carbocycles. The van der Waals surface area contributed by atoms with Gasteiger partial charge in [0.2, 0.25) is 0 Å². The van der Waals surface area contributed by atoms with Gasteiger partial charge in [-0.15, -0.1) is 0 Å². The van der Waals surface area contributed by atoms with E-state index in [9.17, 15) is 4.79 Å². The molecule has 0 aliphatic carbocycles. The highest BCUT2D eigenvalue weighted by atomic mass is 16.1. The number of hydrogen-bond acceptors (Lipinski definition) is 4. The summed E-state index contributed by atoms with van der Waals surface area (Å²) < 4.78 is 3.60. The number of carbonyl (C=O) groups excluding carboxylic acids is 1. The van der Waals surface area contributed by atoms with Crippen LogP contribution in [0.2, 0.25) is 0 Å². The third-order valence-corrected chi connectivity index (χ3v) is 4.37. The number of nitrogens with one attached hydrogen (secondary N) is 1. The van der Waals surface area contributed by atoms with Gasteiger partial charge < -0.3 is 5.32 Å². The lowest BCUT2D eigenvalue weighted by atomic mass is 10.1. The Balaban J connectivity index is 1.47.